The van der Waals surface area contributed by atoms with E-state index < -0.39 is 15.8 Å². The lowest BCUT2D eigenvalue weighted by molar-refractivity contribution is 0.306. The number of H-pyrrole nitrogens is 1. The Morgan fingerprint density at radius 1 is 1.33 bits per heavy atom. The van der Waals surface area contributed by atoms with Crippen LogP contribution in [0.1, 0.15) is 11.4 Å². The first-order valence-electron chi connectivity index (χ1n) is 6.30. The molecule has 0 bridgehead atoms. The van der Waals surface area contributed by atoms with E-state index in [4.69, 9.17) is 4.74 Å². The SMILES string of the molecule is Cc1n[nH]c(C)c1S(=O)(=O)NCCOc1ccccc1F. The van der Waals surface area contributed by atoms with Crippen molar-refractivity contribution in [3.63, 3.8) is 0 Å². The normalized spacial score (nSPS) is 11.6. The van der Waals surface area contributed by atoms with E-state index in [0.717, 1.165) is 0 Å². The molecule has 0 saturated carbocycles. The Kier molecular flexibility index (Phi) is 4.59. The summed E-state index contributed by atoms with van der Waals surface area (Å²) in [5.41, 5.74) is 0.866. The Morgan fingerprint density at radius 2 is 2.05 bits per heavy atom. The van der Waals surface area contributed by atoms with E-state index in [1.54, 1.807) is 26.0 Å². The van der Waals surface area contributed by atoms with Crippen molar-refractivity contribution in [3.05, 3.63) is 41.5 Å². The van der Waals surface area contributed by atoms with Crippen LogP contribution in [0.5, 0.6) is 5.75 Å². The first kappa shape index (κ1) is 15.5. The fourth-order valence-electron chi connectivity index (χ4n) is 1.91. The fourth-order valence-corrected chi connectivity index (χ4v) is 3.29. The van der Waals surface area contributed by atoms with Crippen molar-refractivity contribution >= 4 is 10.0 Å². The number of nitrogens with zero attached hydrogens (tertiary/aromatic N) is 1. The average Bonchev–Trinajstić information content (AvgIpc) is 2.77. The van der Waals surface area contributed by atoms with Crippen molar-refractivity contribution in [1.82, 2.24) is 14.9 Å². The molecule has 21 heavy (non-hydrogen) atoms. The van der Waals surface area contributed by atoms with Gasteiger partial charge in [0, 0.05) is 6.54 Å². The smallest absolute Gasteiger partial charge is 0.244 e. The molecule has 0 saturated heterocycles. The Labute approximate surface area is 122 Å². The van der Waals surface area contributed by atoms with Crippen LogP contribution < -0.4 is 9.46 Å². The molecule has 2 rings (SSSR count). The summed E-state index contributed by atoms with van der Waals surface area (Å²) < 4.78 is 45.1. The summed E-state index contributed by atoms with van der Waals surface area (Å²) in [5, 5.41) is 6.46. The minimum atomic E-state index is -3.66. The lowest BCUT2D eigenvalue weighted by atomic mass is 10.3. The average molecular weight is 313 g/mol. The van der Waals surface area contributed by atoms with Crippen LogP contribution in [-0.4, -0.2) is 31.8 Å². The van der Waals surface area contributed by atoms with Crippen molar-refractivity contribution in [2.45, 2.75) is 18.7 Å². The minimum Gasteiger partial charge on any atom is -0.489 e. The highest BCUT2D eigenvalue weighted by molar-refractivity contribution is 7.89. The number of hydrogen-bond donors (Lipinski definition) is 2. The van der Waals surface area contributed by atoms with Gasteiger partial charge in [-0.1, -0.05) is 12.1 Å². The molecule has 1 heterocycles. The van der Waals surface area contributed by atoms with Gasteiger partial charge in [-0.25, -0.2) is 17.5 Å². The van der Waals surface area contributed by atoms with Crippen LogP contribution in [0.2, 0.25) is 0 Å². The maximum Gasteiger partial charge on any atom is 0.244 e. The predicted octanol–water partition coefficient (Wildman–Crippen LogP) is 1.52. The summed E-state index contributed by atoms with van der Waals surface area (Å²) >= 11 is 0. The third-order valence-corrected chi connectivity index (χ3v) is 4.54. The number of hydrogen-bond acceptors (Lipinski definition) is 4. The van der Waals surface area contributed by atoms with Crippen LogP contribution >= 0.6 is 0 Å². The van der Waals surface area contributed by atoms with E-state index in [2.05, 4.69) is 14.9 Å². The van der Waals surface area contributed by atoms with Gasteiger partial charge in [0.1, 0.15) is 11.5 Å². The number of nitrogens with one attached hydrogen (secondary N) is 2. The fraction of sp³-hybridized carbons (Fsp3) is 0.308. The Balaban J connectivity index is 1.93. The van der Waals surface area contributed by atoms with Gasteiger partial charge < -0.3 is 4.74 Å². The van der Waals surface area contributed by atoms with Crippen LogP contribution in [0.4, 0.5) is 4.39 Å². The standard InChI is InChI=1S/C13H16FN3O3S/c1-9-13(10(2)17-16-9)21(18,19)15-7-8-20-12-6-4-3-5-11(12)14/h3-6,15H,7-8H2,1-2H3,(H,16,17). The van der Waals surface area contributed by atoms with Gasteiger partial charge in [0.15, 0.2) is 11.6 Å². The molecule has 8 heteroatoms. The number of para-hydroxylation sites is 1. The molecule has 1 aromatic carbocycles. The zero-order valence-corrected chi connectivity index (χ0v) is 12.5. The van der Waals surface area contributed by atoms with E-state index in [9.17, 15) is 12.8 Å². The second kappa shape index (κ2) is 6.23. The predicted molar refractivity (Wildman–Crippen MR) is 75.1 cm³/mol. The highest BCUT2D eigenvalue weighted by atomic mass is 32.2. The van der Waals surface area contributed by atoms with E-state index in [0.29, 0.717) is 11.4 Å². The topological polar surface area (TPSA) is 84.1 Å². The number of halogens is 1. The summed E-state index contributed by atoms with van der Waals surface area (Å²) in [7, 11) is -3.66. The zero-order valence-electron chi connectivity index (χ0n) is 11.7. The van der Waals surface area contributed by atoms with Crippen LogP contribution in [-0.2, 0) is 10.0 Å². The number of benzene rings is 1. The molecule has 6 nitrogen and oxygen atoms in total. The Morgan fingerprint density at radius 3 is 2.67 bits per heavy atom. The van der Waals surface area contributed by atoms with Gasteiger partial charge in [0.2, 0.25) is 10.0 Å². The number of aryl methyl sites for hydroxylation is 2. The van der Waals surface area contributed by atoms with Gasteiger partial charge in [-0.15, -0.1) is 0 Å². The second-order valence-electron chi connectivity index (χ2n) is 4.44. The lowest BCUT2D eigenvalue weighted by Crippen LogP contribution is -2.29. The van der Waals surface area contributed by atoms with Gasteiger partial charge in [0.25, 0.3) is 0 Å². The van der Waals surface area contributed by atoms with Crippen molar-refractivity contribution < 1.29 is 17.5 Å². The number of rotatable bonds is 6. The number of aromatic amines is 1. The number of ether oxygens (including phenoxy) is 1. The van der Waals surface area contributed by atoms with Crippen molar-refractivity contribution in [1.29, 1.82) is 0 Å². The zero-order chi connectivity index (χ0) is 15.5. The molecule has 0 spiro atoms. The molecular formula is C13H16FN3O3S. The van der Waals surface area contributed by atoms with E-state index >= 15 is 0 Å². The number of sulfonamides is 1. The summed E-state index contributed by atoms with van der Waals surface area (Å²) in [6.07, 6.45) is 0. The van der Waals surface area contributed by atoms with E-state index in [-0.39, 0.29) is 23.8 Å². The third kappa shape index (κ3) is 3.59. The molecule has 0 radical (unpaired) electrons. The molecule has 0 aliphatic heterocycles. The van der Waals surface area contributed by atoms with E-state index in [1.807, 2.05) is 0 Å². The monoisotopic (exact) mass is 313 g/mol. The van der Waals surface area contributed by atoms with Gasteiger partial charge in [-0.3, -0.25) is 5.10 Å². The molecule has 1 aromatic heterocycles. The summed E-state index contributed by atoms with van der Waals surface area (Å²) in [5.74, 6) is -0.394. The van der Waals surface area contributed by atoms with Crippen LogP contribution in [0.3, 0.4) is 0 Å². The second-order valence-corrected chi connectivity index (χ2v) is 6.14. The highest BCUT2D eigenvalue weighted by Gasteiger charge is 2.21. The van der Waals surface area contributed by atoms with Crippen LogP contribution in [0.25, 0.3) is 0 Å². The van der Waals surface area contributed by atoms with Gasteiger partial charge in [-0.05, 0) is 26.0 Å². The quantitative estimate of drug-likeness (QED) is 0.792. The molecule has 0 aliphatic carbocycles. The highest BCUT2D eigenvalue weighted by Crippen LogP contribution is 2.17. The van der Waals surface area contributed by atoms with E-state index in [1.165, 1.54) is 12.1 Å². The van der Waals surface area contributed by atoms with Crippen molar-refractivity contribution in [2.75, 3.05) is 13.2 Å². The van der Waals surface area contributed by atoms with Gasteiger partial charge in [-0.2, -0.15) is 5.10 Å². The molecule has 0 unspecified atom stereocenters. The molecule has 114 valence electrons. The molecule has 0 amide bonds. The first-order chi connectivity index (χ1) is 9.92. The molecule has 0 aliphatic rings. The Bertz CT molecular complexity index is 709. The molecule has 0 fully saturated rings. The Hall–Kier alpha value is -1.93. The van der Waals surface area contributed by atoms with Crippen LogP contribution in [0.15, 0.2) is 29.2 Å². The number of aromatic nitrogens is 2. The van der Waals surface area contributed by atoms with Crippen molar-refractivity contribution in [3.8, 4) is 5.75 Å². The third-order valence-electron chi connectivity index (χ3n) is 2.82. The molecular weight excluding hydrogens is 297 g/mol. The lowest BCUT2D eigenvalue weighted by Gasteiger charge is -2.09. The maximum absolute atomic E-state index is 13.3. The first-order valence-corrected chi connectivity index (χ1v) is 7.78. The summed E-state index contributed by atoms with van der Waals surface area (Å²) in [4.78, 5) is 0.133. The summed E-state index contributed by atoms with van der Waals surface area (Å²) in [6.45, 7) is 3.29. The molecule has 0 atom stereocenters. The van der Waals surface area contributed by atoms with Crippen LogP contribution in [0, 0.1) is 19.7 Å². The molecule has 2 aromatic rings. The summed E-state index contributed by atoms with van der Waals surface area (Å²) in [6, 6.07) is 5.95. The maximum atomic E-state index is 13.3. The van der Waals surface area contributed by atoms with Gasteiger partial charge >= 0.3 is 0 Å². The minimum absolute atomic E-state index is 0.0239. The largest absolute Gasteiger partial charge is 0.489 e. The van der Waals surface area contributed by atoms with Gasteiger partial charge in [0.05, 0.1) is 11.4 Å². The van der Waals surface area contributed by atoms with Crippen molar-refractivity contribution in [2.24, 2.45) is 0 Å². The molecule has 2 N–H and O–H groups in total.